The van der Waals surface area contributed by atoms with Crippen molar-refractivity contribution >= 4 is 11.9 Å². The molecule has 1 aliphatic carbocycles. The molecular formula is C15H18O4. The average Bonchev–Trinajstić information content (AvgIpc) is 2.34. The van der Waals surface area contributed by atoms with Crippen LogP contribution >= 0.6 is 0 Å². The molecule has 0 saturated carbocycles. The number of benzene rings is 1. The van der Waals surface area contributed by atoms with E-state index >= 15 is 0 Å². The topological polar surface area (TPSA) is 74.6 Å². The minimum atomic E-state index is -0.972. The van der Waals surface area contributed by atoms with Crippen molar-refractivity contribution in [2.75, 3.05) is 0 Å². The Morgan fingerprint density at radius 1 is 1.05 bits per heavy atom. The van der Waals surface area contributed by atoms with Gasteiger partial charge in [0.1, 0.15) is 0 Å². The summed E-state index contributed by atoms with van der Waals surface area (Å²) in [5.74, 6) is -1.85. The molecule has 0 fully saturated rings. The molecule has 0 heterocycles. The molecule has 1 unspecified atom stereocenters. The lowest BCUT2D eigenvalue weighted by atomic mass is 9.81. The number of carboxylic acids is 2. The molecule has 2 rings (SSSR count). The number of rotatable bonds is 2. The summed E-state index contributed by atoms with van der Waals surface area (Å²) in [4.78, 5) is 22.7. The van der Waals surface area contributed by atoms with Gasteiger partial charge in [0.05, 0.1) is 11.1 Å². The second kappa shape index (κ2) is 5.43. The maximum atomic E-state index is 11.4. The van der Waals surface area contributed by atoms with Crippen LogP contribution in [0.3, 0.4) is 0 Å². The molecule has 1 aromatic carbocycles. The highest BCUT2D eigenvalue weighted by Crippen LogP contribution is 2.34. The van der Waals surface area contributed by atoms with Gasteiger partial charge in [-0.3, -0.25) is 0 Å². The van der Waals surface area contributed by atoms with E-state index in [1.807, 2.05) is 6.92 Å². The predicted octanol–water partition coefficient (Wildman–Crippen LogP) is 3.30. The van der Waals surface area contributed by atoms with E-state index in [2.05, 4.69) is 0 Å². The number of carboxylic acid groups (broad SMARTS) is 2. The SMILES string of the molecule is CC1CCCCCc2c(C(=O)O)ccc(C(=O)O)c21. The summed E-state index contributed by atoms with van der Waals surface area (Å²) < 4.78 is 0. The highest BCUT2D eigenvalue weighted by molar-refractivity contribution is 5.95. The van der Waals surface area contributed by atoms with Crippen LogP contribution in [0.4, 0.5) is 0 Å². The van der Waals surface area contributed by atoms with Crippen molar-refractivity contribution < 1.29 is 19.8 Å². The molecule has 1 aromatic rings. The Balaban J connectivity index is 2.67. The van der Waals surface area contributed by atoms with Crippen LogP contribution in [0.1, 0.15) is 70.4 Å². The van der Waals surface area contributed by atoms with Gasteiger partial charge in [-0.2, -0.15) is 0 Å². The minimum Gasteiger partial charge on any atom is -0.478 e. The molecule has 1 aliphatic rings. The molecule has 0 aliphatic heterocycles. The lowest BCUT2D eigenvalue weighted by Gasteiger charge is -2.23. The Kier molecular flexibility index (Phi) is 3.88. The van der Waals surface area contributed by atoms with Crippen LogP contribution in [-0.2, 0) is 6.42 Å². The Morgan fingerprint density at radius 3 is 2.32 bits per heavy atom. The third kappa shape index (κ3) is 2.62. The number of hydrogen-bond donors (Lipinski definition) is 2. The van der Waals surface area contributed by atoms with Crippen molar-refractivity contribution in [1.82, 2.24) is 0 Å². The summed E-state index contributed by atoms with van der Waals surface area (Å²) in [6.07, 6.45) is 4.62. The van der Waals surface area contributed by atoms with E-state index in [0.717, 1.165) is 36.8 Å². The minimum absolute atomic E-state index is 0.0979. The number of fused-ring (bicyclic) bond motifs is 1. The summed E-state index contributed by atoms with van der Waals surface area (Å²) in [7, 11) is 0. The van der Waals surface area contributed by atoms with Gasteiger partial charge in [-0.1, -0.05) is 19.8 Å². The summed E-state index contributed by atoms with van der Waals surface area (Å²) in [6.45, 7) is 1.99. The molecule has 0 spiro atoms. The lowest BCUT2D eigenvalue weighted by molar-refractivity contribution is 0.0678. The van der Waals surface area contributed by atoms with Crippen molar-refractivity contribution in [3.05, 3.63) is 34.4 Å². The quantitative estimate of drug-likeness (QED) is 0.857. The fourth-order valence-electron chi connectivity index (χ4n) is 2.96. The zero-order valence-electron chi connectivity index (χ0n) is 11.0. The van der Waals surface area contributed by atoms with E-state index in [4.69, 9.17) is 0 Å². The first-order chi connectivity index (χ1) is 9.02. The third-order valence-corrected chi connectivity index (χ3v) is 3.87. The van der Waals surface area contributed by atoms with Crippen LogP contribution in [0.25, 0.3) is 0 Å². The van der Waals surface area contributed by atoms with Gasteiger partial charge < -0.3 is 10.2 Å². The van der Waals surface area contributed by atoms with Crippen LogP contribution in [0.2, 0.25) is 0 Å². The molecule has 1 atom stereocenters. The lowest BCUT2D eigenvalue weighted by Crippen LogP contribution is -2.15. The summed E-state index contributed by atoms with van der Waals surface area (Å²) >= 11 is 0. The van der Waals surface area contributed by atoms with E-state index in [1.54, 1.807) is 0 Å². The van der Waals surface area contributed by atoms with E-state index < -0.39 is 11.9 Å². The van der Waals surface area contributed by atoms with Gasteiger partial charge in [0.2, 0.25) is 0 Å². The second-order valence-corrected chi connectivity index (χ2v) is 5.16. The number of carbonyl (C=O) groups is 2. The molecule has 4 heteroatoms. The van der Waals surface area contributed by atoms with Gasteiger partial charge in [0, 0.05) is 0 Å². The van der Waals surface area contributed by atoms with Gasteiger partial charge in [-0.05, 0) is 48.4 Å². The summed E-state index contributed by atoms with van der Waals surface area (Å²) in [5.41, 5.74) is 1.97. The van der Waals surface area contributed by atoms with Crippen molar-refractivity contribution in [3.63, 3.8) is 0 Å². The standard InChI is InChI=1S/C15H18O4/c1-9-5-3-2-4-6-10-11(14(16)17)7-8-12(13(9)10)15(18)19/h7-9H,2-6H2,1H3,(H,16,17)(H,18,19). The zero-order valence-corrected chi connectivity index (χ0v) is 11.0. The Hall–Kier alpha value is -1.84. The summed E-state index contributed by atoms with van der Waals surface area (Å²) in [5, 5.41) is 18.6. The van der Waals surface area contributed by atoms with Gasteiger partial charge in [-0.25, -0.2) is 9.59 Å². The molecule has 0 saturated heterocycles. The van der Waals surface area contributed by atoms with Crippen LogP contribution < -0.4 is 0 Å². The maximum absolute atomic E-state index is 11.4. The van der Waals surface area contributed by atoms with Crippen molar-refractivity contribution in [2.45, 2.75) is 44.9 Å². The fraction of sp³-hybridized carbons (Fsp3) is 0.467. The fourth-order valence-corrected chi connectivity index (χ4v) is 2.96. The molecule has 0 amide bonds. The largest absolute Gasteiger partial charge is 0.478 e. The first kappa shape index (κ1) is 13.6. The van der Waals surface area contributed by atoms with Gasteiger partial charge in [0.25, 0.3) is 0 Å². The van der Waals surface area contributed by atoms with Crippen LogP contribution in [0, 0.1) is 0 Å². The molecule has 102 valence electrons. The Labute approximate surface area is 112 Å². The van der Waals surface area contributed by atoms with E-state index in [9.17, 15) is 19.8 Å². The van der Waals surface area contributed by atoms with Crippen LogP contribution in [0.15, 0.2) is 12.1 Å². The average molecular weight is 262 g/mol. The highest BCUT2D eigenvalue weighted by Gasteiger charge is 2.25. The highest BCUT2D eigenvalue weighted by atomic mass is 16.4. The van der Waals surface area contributed by atoms with Gasteiger partial charge >= 0.3 is 11.9 Å². The monoisotopic (exact) mass is 262 g/mol. The van der Waals surface area contributed by atoms with E-state index in [0.29, 0.717) is 6.42 Å². The third-order valence-electron chi connectivity index (χ3n) is 3.87. The first-order valence-electron chi connectivity index (χ1n) is 6.64. The molecular weight excluding hydrogens is 244 g/mol. The molecule has 2 N–H and O–H groups in total. The normalized spacial score (nSPS) is 19.1. The van der Waals surface area contributed by atoms with Crippen LogP contribution in [0.5, 0.6) is 0 Å². The molecule has 0 aromatic heterocycles. The van der Waals surface area contributed by atoms with Crippen molar-refractivity contribution in [3.8, 4) is 0 Å². The molecule has 4 nitrogen and oxygen atoms in total. The smallest absolute Gasteiger partial charge is 0.335 e. The van der Waals surface area contributed by atoms with Crippen LogP contribution in [-0.4, -0.2) is 22.2 Å². The van der Waals surface area contributed by atoms with E-state index in [-0.39, 0.29) is 17.0 Å². The molecule has 0 bridgehead atoms. The molecule has 0 radical (unpaired) electrons. The van der Waals surface area contributed by atoms with E-state index in [1.165, 1.54) is 12.1 Å². The predicted molar refractivity (Wildman–Crippen MR) is 70.9 cm³/mol. The number of aromatic carboxylic acids is 2. The second-order valence-electron chi connectivity index (χ2n) is 5.16. The zero-order chi connectivity index (χ0) is 14.0. The summed E-state index contributed by atoms with van der Waals surface area (Å²) in [6, 6.07) is 2.86. The maximum Gasteiger partial charge on any atom is 0.335 e. The van der Waals surface area contributed by atoms with Crippen molar-refractivity contribution in [1.29, 1.82) is 0 Å². The van der Waals surface area contributed by atoms with Gasteiger partial charge in [0.15, 0.2) is 0 Å². The number of hydrogen-bond acceptors (Lipinski definition) is 2. The molecule has 19 heavy (non-hydrogen) atoms. The van der Waals surface area contributed by atoms with Crippen molar-refractivity contribution in [2.24, 2.45) is 0 Å². The Morgan fingerprint density at radius 2 is 1.68 bits per heavy atom. The van der Waals surface area contributed by atoms with Gasteiger partial charge in [-0.15, -0.1) is 0 Å². The Bertz CT molecular complexity index is 519. The first-order valence-corrected chi connectivity index (χ1v) is 6.64.